The van der Waals surface area contributed by atoms with E-state index in [1.807, 2.05) is 49.4 Å². The second kappa shape index (κ2) is 9.86. The van der Waals surface area contributed by atoms with E-state index in [0.717, 1.165) is 22.0 Å². The summed E-state index contributed by atoms with van der Waals surface area (Å²) in [6.45, 7) is 7.02. The van der Waals surface area contributed by atoms with Crippen molar-refractivity contribution in [2.75, 3.05) is 13.7 Å². The van der Waals surface area contributed by atoms with Gasteiger partial charge in [0.05, 0.1) is 13.7 Å². The van der Waals surface area contributed by atoms with Crippen LogP contribution in [0.3, 0.4) is 0 Å². The average molecular weight is 487 g/mol. The molecule has 31 heavy (non-hydrogen) atoms. The molecule has 1 unspecified atom stereocenters. The fraction of sp³-hybridized carbons (Fsp3) is 0.440. The standard InChI is InChI=1S/C25H31BrN2O3/c1-17(2)12-14-27-24(30)25(3)13-11-18-7-5-6-8-21(18)23(29)28(25)16-19-15-20(26)9-10-22(19)31-4/h5-10,15,17H,11-14,16H2,1-4H3,(H,27,30). The highest BCUT2D eigenvalue weighted by Gasteiger charge is 2.44. The van der Waals surface area contributed by atoms with Gasteiger partial charge < -0.3 is 15.0 Å². The summed E-state index contributed by atoms with van der Waals surface area (Å²) in [5.41, 5.74) is 1.53. The number of amides is 2. The van der Waals surface area contributed by atoms with Crippen molar-refractivity contribution in [3.05, 3.63) is 63.6 Å². The van der Waals surface area contributed by atoms with Gasteiger partial charge in [0.2, 0.25) is 5.91 Å². The highest BCUT2D eigenvalue weighted by molar-refractivity contribution is 9.10. The van der Waals surface area contributed by atoms with E-state index in [9.17, 15) is 9.59 Å². The lowest BCUT2D eigenvalue weighted by Gasteiger charge is -2.39. The Morgan fingerprint density at radius 3 is 2.71 bits per heavy atom. The number of nitrogens with zero attached hydrogens (tertiary/aromatic N) is 1. The predicted molar refractivity (Wildman–Crippen MR) is 126 cm³/mol. The Balaban J connectivity index is 2.01. The van der Waals surface area contributed by atoms with Crippen molar-refractivity contribution in [3.8, 4) is 5.75 Å². The van der Waals surface area contributed by atoms with Gasteiger partial charge in [-0.25, -0.2) is 0 Å². The van der Waals surface area contributed by atoms with Crippen LogP contribution in [0.15, 0.2) is 46.9 Å². The van der Waals surface area contributed by atoms with E-state index in [-0.39, 0.29) is 18.4 Å². The first kappa shape index (κ1) is 23.3. The monoisotopic (exact) mass is 486 g/mol. The van der Waals surface area contributed by atoms with Gasteiger partial charge in [0, 0.05) is 22.1 Å². The SMILES string of the molecule is COc1ccc(Br)cc1CN1C(=O)c2ccccc2CCC1(C)C(=O)NCCC(C)C. The quantitative estimate of drug-likeness (QED) is 0.600. The zero-order chi connectivity index (χ0) is 22.6. The number of halogens is 1. The van der Waals surface area contributed by atoms with Crippen LogP contribution in [0.2, 0.25) is 0 Å². The summed E-state index contributed by atoms with van der Waals surface area (Å²) in [6.07, 6.45) is 2.12. The van der Waals surface area contributed by atoms with Gasteiger partial charge in [-0.1, -0.05) is 48.0 Å². The molecule has 0 spiro atoms. The first-order valence-corrected chi connectivity index (χ1v) is 11.6. The van der Waals surface area contributed by atoms with E-state index in [2.05, 4.69) is 35.1 Å². The van der Waals surface area contributed by atoms with Crippen LogP contribution in [0, 0.1) is 5.92 Å². The zero-order valence-corrected chi connectivity index (χ0v) is 20.3. The minimum atomic E-state index is -0.972. The maximum absolute atomic E-state index is 13.7. The number of ether oxygens (including phenoxy) is 1. The molecule has 1 aliphatic rings. The minimum Gasteiger partial charge on any atom is -0.496 e. The van der Waals surface area contributed by atoms with Gasteiger partial charge in [-0.3, -0.25) is 9.59 Å². The topological polar surface area (TPSA) is 58.6 Å². The Kier molecular flexibility index (Phi) is 7.42. The maximum atomic E-state index is 13.7. The summed E-state index contributed by atoms with van der Waals surface area (Å²) in [5.74, 6) is 0.950. The molecule has 0 aliphatic carbocycles. The van der Waals surface area contributed by atoms with Crippen molar-refractivity contribution in [1.82, 2.24) is 10.2 Å². The fourth-order valence-corrected chi connectivity index (χ4v) is 4.43. The number of fused-ring (bicyclic) bond motifs is 1. The van der Waals surface area contributed by atoms with Gasteiger partial charge in [0.25, 0.3) is 5.91 Å². The van der Waals surface area contributed by atoms with Crippen molar-refractivity contribution in [2.24, 2.45) is 5.92 Å². The summed E-state index contributed by atoms with van der Waals surface area (Å²) in [5, 5.41) is 3.08. The van der Waals surface area contributed by atoms with Gasteiger partial charge in [-0.15, -0.1) is 0 Å². The van der Waals surface area contributed by atoms with Gasteiger partial charge in [0.1, 0.15) is 11.3 Å². The third kappa shape index (κ3) is 5.12. The molecule has 3 rings (SSSR count). The Hall–Kier alpha value is -2.34. The van der Waals surface area contributed by atoms with Crippen molar-refractivity contribution in [3.63, 3.8) is 0 Å². The highest BCUT2D eigenvalue weighted by atomic mass is 79.9. The summed E-state index contributed by atoms with van der Waals surface area (Å²) < 4.78 is 6.44. The first-order chi connectivity index (χ1) is 14.8. The number of aryl methyl sites for hydroxylation is 1. The molecule has 1 heterocycles. The number of benzene rings is 2. The van der Waals surface area contributed by atoms with Gasteiger partial charge >= 0.3 is 0 Å². The third-order valence-electron chi connectivity index (χ3n) is 6.04. The molecule has 1 atom stereocenters. The molecule has 1 N–H and O–H groups in total. The summed E-state index contributed by atoms with van der Waals surface area (Å²) >= 11 is 3.51. The number of rotatable bonds is 7. The second-order valence-corrected chi connectivity index (χ2v) is 9.63. The number of hydrogen-bond donors (Lipinski definition) is 1. The van der Waals surface area contributed by atoms with E-state index in [1.165, 1.54) is 0 Å². The minimum absolute atomic E-state index is 0.108. The molecule has 5 nitrogen and oxygen atoms in total. The number of carbonyl (C=O) groups is 2. The Morgan fingerprint density at radius 1 is 1.26 bits per heavy atom. The largest absolute Gasteiger partial charge is 0.496 e. The number of nitrogens with one attached hydrogen (secondary N) is 1. The molecule has 0 radical (unpaired) electrons. The Bertz CT molecular complexity index is 960. The van der Waals surface area contributed by atoms with E-state index >= 15 is 0 Å². The van der Waals surface area contributed by atoms with Gasteiger partial charge in [-0.05, 0) is 61.9 Å². The molecule has 1 aliphatic heterocycles. The van der Waals surface area contributed by atoms with Crippen molar-refractivity contribution >= 4 is 27.7 Å². The maximum Gasteiger partial charge on any atom is 0.255 e. The number of methoxy groups -OCH3 is 1. The average Bonchev–Trinajstić information content (AvgIpc) is 2.85. The van der Waals surface area contributed by atoms with E-state index < -0.39 is 5.54 Å². The molecule has 0 aromatic heterocycles. The molecule has 0 fully saturated rings. The van der Waals surface area contributed by atoms with Crippen LogP contribution >= 0.6 is 15.9 Å². The smallest absolute Gasteiger partial charge is 0.255 e. The highest BCUT2D eigenvalue weighted by Crippen LogP contribution is 2.34. The second-order valence-electron chi connectivity index (χ2n) is 8.72. The Labute approximate surface area is 193 Å². The molecule has 2 aromatic carbocycles. The van der Waals surface area contributed by atoms with E-state index in [0.29, 0.717) is 36.6 Å². The van der Waals surface area contributed by atoms with Crippen LogP contribution in [0.25, 0.3) is 0 Å². The molecule has 166 valence electrons. The Morgan fingerprint density at radius 2 is 2.00 bits per heavy atom. The van der Waals surface area contributed by atoms with Gasteiger partial charge in [0.15, 0.2) is 0 Å². The normalized spacial score (nSPS) is 18.5. The van der Waals surface area contributed by atoms with Crippen molar-refractivity contribution < 1.29 is 14.3 Å². The predicted octanol–water partition coefficient (Wildman–Crippen LogP) is 4.97. The number of hydrogen-bond acceptors (Lipinski definition) is 3. The third-order valence-corrected chi connectivity index (χ3v) is 6.53. The van der Waals surface area contributed by atoms with E-state index in [1.54, 1.807) is 12.0 Å². The molecule has 6 heteroatoms. The molecule has 0 bridgehead atoms. The van der Waals surface area contributed by atoms with Crippen molar-refractivity contribution in [2.45, 2.75) is 52.1 Å². The fourth-order valence-electron chi connectivity index (χ4n) is 4.02. The van der Waals surface area contributed by atoms with Gasteiger partial charge in [-0.2, -0.15) is 0 Å². The van der Waals surface area contributed by atoms with Crippen LogP contribution < -0.4 is 10.1 Å². The molecule has 0 saturated heterocycles. The summed E-state index contributed by atoms with van der Waals surface area (Å²) in [7, 11) is 1.62. The summed E-state index contributed by atoms with van der Waals surface area (Å²) in [6, 6.07) is 13.4. The molecule has 2 aromatic rings. The lowest BCUT2D eigenvalue weighted by atomic mass is 9.91. The van der Waals surface area contributed by atoms with Crippen LogP contribution in [0.1, 0.15) is 55.1 Å². The van der Waals surface area contributed by atoms with E-state index in [4.69, 9.17) is 4.74 Å². The molecular weight excluding hydrogens is 456 g/mol. The molecule has 0 saturated carbocycles. The molecule has 2 amide bonds. The lowest BCUT2D eigenvalue weighted by Crippen LogP contribution is -2.58. The first-order valence-electron chi connectivity index (χ1n) is 10.8. The number of carbonyl (C=O) groups excluding carboxylic acids is 2. The zero-order valence-electron chi connectivity index (χ0n) is 18.7. The lowest BCUT2D eigenvalue weighted by molar-refractivity contribution is -0.132. The van der Waals surface area contributed by atoms with Crippen molar-refractivity contribution in [1.29, 1.82) is 0 Å². The van der Waals surface area contributed by atoms with Crippen LogP contribution in [0.4, 0.5) is 0 Å². The van der Waals surface area contributed by atoms with Crippen LogP contribution in [0.5, 0.6) is 5.75 Å². The van der Waals surface area contributed by atoms with Crippen LogP contribution in [-0.4, -0.2) is 35.9 Å². The van der Waals surface area contributed by atoms with Crippen LogP contribution in [-0.2, 0) is 17.8 Å². The summed E-state index contributed by atoms with van der Waals surface area (Å²) in [4.78, 5) is 28.9. The molecular formula is C25H31BrN2O3.